The Balaban J connectivity index is 1.44. The van der Waals surface area contributed by atoms with Crippen molar-refractivity contribution < 1.29 is 9.26 Å². The number of aromatic nitrogens is 4. The summed E-state index contributed by atoms with van der Waals surface area (Å²) < 4.78 is 11.0. The Morgan fingerprint density at radius 2 is 1.92 bits per heavy atom. The Morgan fingerprint density at radius 3 is 2.58 bits per heavy atom. The van der Waals surface area contributed by atoms with E-state index >= 15 is 0 Å². The van der Waals surface area contributed by atoms with Crippen molar-refractivity contribution in [3.05, 3.63) is 23.5 Å². The molecule has 0 amide bonds. The zero-order valence-corrected chi connectivity index (χ0v) is 15.4. The third kappa shape index (κ3) is 3.51. The molecule has 0 radical (unpaired) electrons. The van der Waals surface area contributed by atoms with Gasteiger partial charge in [0, 0.05) is 43.5 Å². The summed E-state index contributed by atoms with van der Waals surface area (Å²) in [5, 5.41) is 4.09. The molecule has 2 aromatic rings. The first-order valence-corrected chi connectivity index (χ1v) is 9.41. The van der Waals surface area contributed by atoms with Gasteiger partial charge in [-0.2, -0.15) is 9.97 Å². The van der Waals surface area contributed by atoms with Crippen LogP contribution in [-0.2, 0) is 4.74 Å². The van der Waals surface area contributed by atoms with Crippen molar-refractivity contribution in [2.75, 3.05) is 36.9 Å². The number of nitrogen functional groups attached to an aromatic ring is 1. The van der Waals surface area contributed by atoms with E-state index in [2.05, 4.69) is 44.9 Å². The topological polar surface area (TPSA) is 103 Å². The maximum Gasteiger partial charge on any atom is 0.229 e. The van der Waals surface area contributed by atoms with Gasteiger partial charge in [-0.3, -0.25) is 0 Å². The van der Waals surface area contributed by atoms with Crippen LogP contribution in [-0.4, -0.2) is 46.4 Å². The Morgan fingerprint density at radius 1 is 1.12 bits per heavy atom. The predicted octanol–water partition coefficient (Wildman–Crippen LogP) is 2.45. The molecular formula is C18H26N6O2. The van der Waals surface area contributed by atoms with Gasteiger partial charge < -0.3 is 19.9 Å². The number of piperidine rings is 1. The summed E-state index contributed by atoms with van der Waals surface area (Å²) in [7, 11) is 0. The Kier molecular flexibility index (Phi) is 4.76. The van der Waals surface area contributed by atoms with Crippen LogP contribution in [0.4, 0.5) is 11.8 Å². The minimum Gasteiger partial charge on any atom is -0.381 e. The molecule has 2 saturated heterocycles. The highest BCUT2D eigenvalue weighted by atomic mass is 16.5. The van der Waals surface area contributed by atoms with Crippen molar-refractivity contribution >= 4 is 11.8 Å². The maximum absolute atomic E-state index is 5.96. The molecule has 4 heterocycles. The monoisotopic (exact) mass is 358 g/mol. The molecule has 8 heteroatoms. The summed E-state index contributed by atoms with van der Waals surface area (Å²) in [6, 6.07) is 2.07. The summed E-state index contributed by atoms with van der Waals surface area (Å²) in [5.41, 5.74) is 6.95. The predicted molar refractivity (Wildman–Crippen MR) is 97.2 cm³/mol. The number of nitrogens with zero attached hydrogens (tertiary/aromatic N) is 5. The summed E-state index contributed by atoms with van der Waals surface area (Å²) in [6.07, 6.45) is 2.92. The van der Waals surface area contributed by atoms with E-state index < -0.39 is 0 Å². The van der Waals surface area contributed by atoms with Crippen molar-refractivity contribution in [2.24, 2.45) is 0 Å². The van der Waals surface area contributed by atoms with E-state index in [1.54, 1.807) is 0 Å². The van der Waals surface area contributed by atoms with E-state index in [0.717, 1.165) is 62.2 Å². The van der Waals surface area contributed by atoms with Crippen LogP contribution in [0.1, 0.15) is 68.3 Å². The third-order valence-corrected chi connectivity index (χ3v) is 5.24. The van der Waals surface area contributed by atoms with Gasteiger partial charge in [-0.15, -0.1) is 0 Å². The summed E-state index contributed by atoms with van der Waals surface area (Å²) in [4.78, 5) is 15.7. The van der Waals surface area contributed by atoms with Crippen LogP contribution < -0.4 is 10.6 Å². The number of hydrogen-bond acceptors (Lipinski definition) is 8. The summed E-state index contributed by atoms with van der Waals surface area (Å²) in [6.45, 7) is 7.43. The highest BCUT2D eigenvalue weighted by Gasteiger charge is 2.27. The van der Waals surface area contributed by atoms with Gasteiger partial charge in [0.05, 0.1) is 12.3 Å². The number of rotatable bonds is 4. The molecular weight excluding hydrogens is 332 g/mol. The lowest BCUT2D eigenvalue weighted by atomic mass is 9.96. The molecule has 0 aliphatic carbocycles. The van der Waals surface area contributed by atoms with E-state index in [9.17, 15) is 0 Å². The highest BCUT2D eigenvalue weighted by Crippen LogP contribution is 2.31. The molecule has 8 nitrogen and oxygen atoms in total. The number of anilines is 2. The molecule has 2 aliphatic heterocycles. The first kappa shape index (κ1) is 17.2. The summed E-state index contributed by atoms with van der Waals surface area (Å²) in [5.74, 6) is 3.72. The van der Waals surface area contributed by atoms with Gasteiger partial charge in [0.15, 0.2) is 5.82 Å². The molecule has 0 saturated carbocycles. The average Bonchev–Trinajstić information content (AvgIpc) is 3.33. The minimum atomic E-state index is 0.287. The fourth-order valence-corrected chi connectivity index (χ4v) is 3.61. The fraction of sp³-hybridized carbons (Fsp3) is 0.667. The molecule has 1 unspecified atom stereocenters. The van der Waals surface area contributed by atoms with Gasteiger partial charge in [0.1, 0.15) is 5.82 Å². The molecule has 26 heavy (non-hydrogen) atoms. The van der Waals surface area contributed by atoms with Gasteiger partial charge in [-0.25, -0.2) is 4.98 Å². The smallest absolute Gasteiger partial charge is 0.229 e. The van der Waals surface area contributed by atoms with Crippen LogP contribution >= 0.6 is 0 Å². The SMILES string of the molecule is CC(C)c1noc(C2CCN(c3cc(C4CCOC4)nc(N)n3)CC2)n1. The zero-order valence-electron chi connectivity index (χ0n) is 15.4. The highest BCUT2D eigenvalue weighted by molar-refractivity contribution is 5.45. The maximum atomic E-state index is 5.96. The second-order valence-electron chi connectivity index (χ2n) is 7.48. The number of nitrogens with two attached hydrogens (primary N) is 1. The summed E-state index contributed by atoms with van der Waals surface area (Å²) >= 11 is 0. The fourth-order valence-electron chi connectivity index (χ4n) is 3.61. The van der Waals surface area contributed by atoms with E-state index in [1.165, 1.54) is 0 Å². The van der Waals surface area contributed by atoms with Crippen molar-refractivity contribution in [2.45, 2.75) is 50.9 Å². The van der Waals surface area contributed by atoms with Crippen molar-refractivity contribution in [1.29, 1.82) is 0 Å². The molecule has 2 fully saturated rings. The van der Waals surface area contributed by atoms with Crippen LogP contribution in [0.5, 0.6) is 0 Å². The number of ether oxygens (including phenoxy) is 1. The van der Waals surface area contributed by atoms with E-state index in [-0.39, 0.29) is 5.92 Å². The molecule has 140 valence electrons. The lowest BCUT2D eigenvalue weighted by molar-refractivity contribution is 0.193. The minimum absolute atomic E-state index is 0.287. The molecule has 1 atom stereocenters. The van der Waals surface area contributed by atoms with Crippen LogP contribution in [0.2, 0.25) is 0 Å². The molecule has 0 spiro atoms. The number of hydrogen-bond donors (Lipinski definition) is 1. The normalized spacial score (nSPS) is 21.7. The van der Waals surface area contributed by atoms with Crippen molar-refractivity contribution in [3.63, 3.8) is 0 Å². The molecule has 2 aliphatic rings. The molecule has 0 aromatic carbocycles. The van der Waals surface area contributed by atoms with Crippen LogP contribution in [0.3, 0.4) is 0 Å². The van der Waals surface area contributed by atoms with E-state index in [0.29, 0.717) is 24.4 Å². The second-order valence-corrected chi connectivity index (χ2v) is 7.48. The van der Waals surface area contributed by atoms with Crippen molar-refractivity contribution in [1.82, 2.24) is 20.1 Å². The average molecular weight is 358 g/mol. The zero-order chi connectivity index (χ0) is 18.1. The Bertz CT molecular complexity index is 748. The third-order valence-electron chi connectivity index (χ3n) is 5.24. The van der Waals surface area contributed by atoms with Crippen LogP contribution in [0.25, 0.3) is 0 Å². The second kappa shape index (κ2) is 7.19. The Hall–Kier alpha value is -2.22. The molecule has 2 aromatic heterocycles. The van der Waals surface area contributed by atoms with Gasteiger partial charge in [-0.1, -0.05) is 19.0 Å². The first-order chi connectivity index (χ1) is 12.6. The first-order valence-electron chi connectivity index (χ1n) is 9.41. The lowest BCUT2D eigenvalue weighted by Gasteiger charge is -2.31. The van der Waals surface area contributed by atoms with Crippen LogP contribution in [0, 0.1) is 0 Å². The standard InChI is InChI=1S/C18H26N6O2/c1-11(2)16-22-17(26-23-16)12-3-6-24(7-4-12)15-9-14(20-18(19)21-15)13-5-8-25-10-13/h9,11-13H,3-8,10H2,1-2H3,(H2,19,20,21). The lowest BCUT2D eigenvalue weighted by Crippen LogP contribution is -2.34. The van der Waals surface area contributed by atoms with Gasteiger partial charge in [-0.05, 0) is 19.3 Å². The van der Waals surface area contributed by atoms with Gasteiger partial charge in [0.25, 0.3) is 0 Å². The van der Waals surface area contributed by atoms with E-state index in [4.69, 9.17) is 15.0 Å². The van der Waals surface area contributed by atoms with Crippen LogP contribution in [0.15, 0.2) is 10.6 Å². The molecule has 0 bridgehead atoms. The largest absolute Gasteiger partial charge is 0.381 e. The molecule has 2 N–H and O–H groups in total. The van der Waals surface area contributed by atoms with E-state index in [1.807, 2.05) is 0 Å². The van der Waals surface area contributed by atoms with Crippen molar-refractivity contribution in [3.8, 4) is 0 Å². The van der Waals surface area contributed by atoms with Gasteiger partial charge >= 0.3 is 0 Å². The Labute approximate surface area is 153 Å². The molecule has 4 rings (SSSR count). The quantitative estimate of drug-likeness (QED) is 0.889. The van der Waals surface area contributed by atoms with Gasteiger partial charge in [0.2, 0.25) is 11.8 Å².